The van der Waals surface area contributed by atoms with Gasteiger partial charge in [-0.3, -0.25) is 4.79 Å². The Balaban J connectivity index is 2.12. The minimum Gasteiger partial charge on any atom is -0.340 e. The molecule has 0 fully saturated rings. The zero-order chi connectivity index (χ0) is 20.2. The van der Waals surface area contributed by atoms with Crippen molar-refractivity contribution >= 4 is 39.1 Å². The number of halogens is 3. The molecule has 0 aromatic heterocycles. The van der Waals surface area contributed by atoms with Gasteiger partial charge in [0.05, 0.1) is 22.8 Å². The lowest BCUT2D eigenvalue weighted by molar-refractivity contribution is -0.130. The summed E-state index contributed by atoms with van der Waals surface area (Å²) in [5.41, 5.74) is 0.947. The summed E-state index contributed by atoms with van der Waals surface area (Å²) in [6, 6.07) is 10.9. The second kappa shape index (κ2) is 9.01. The van der Waals surface area contributed by atoms with E-state index in [0.29, 0.717) is 21.2 Å². The van der Waals surface area contributed by atoms with Crippen molar-refractivity contribution in [3.05, 3.63) is 69.5 Å². The molecule has 0 heterocycles. The summed E-state index contributed by atoms with van der Waals surface area (Å²) in [6.45, 7) is -0.366. The second-order valence-corrected chi connectivity index (χ2v) is 8.92. The molecule has 27 heavy (non-hydrogen) atoms. The second-order valence-electron chi connectivity index (χ2n) is 6.12. The van der Waals surface area contributed by atoms with Crippen LogP contribution in [0, 0.1) is 5.82 Å². The Labute approximate surface area is 168 Å². The van der Waals surface area contributed by atoms with Gasteiger partial charge in [0.2, 0.25) is 15.9 Å². The van der Waals surface area contributed by atoms with Gasteiger partial charge < -0.3 is 4.90 Å². The summed E-state index contributed by atoms with van der Waals surface area (Å²) >= 11 is 11.8. The molecule has 2 rings (SSSR count). The molecule has 5 nitrogen and oxygen atoms in total. The Morgan fingerprint density at radius 3 is 2.33 bits per heavy atom. The number of sulfonamides is 1. The Kier molecular flexibility index (Phi) is 7.22. The SMILES string of the molecule is CN(Cc1ccccc1F)C(=O)CN(Cc1ccc(Cl)c(Cl)c1)S(C)(=O)=O. The van der Waals surface area contributed by atoms with Gasteiger partial charge in [-0.05, 0) is 23.8 Å². The smallest absolute Gasteiger partial charge is 0.237 e. The monoisotopic (exact) mass is 432 g/mol. The molecule has 0 saturated carbocycles. The van der Waals surface area contributed by atoms with Crippen molar-refractivity contribution in [1.29, 1.82) is 0 Å². The van der Waals surface area contributed by atoms with Crippen LogP contribution in [0.2, 0.25) is 10.0 Å². The lowest BCUT2D eigenvalue weighted by Crippen LogP contribution is -2.40. The van der Waals surface area contributed by atoms with Crippen LogP contribution in [0.5, 0.6) is 0 Å². The number of hydrogen-bond acceptors (Lipinski definition) is 3. The van der Waals surface area contributed by atoms with Crippen LogP contribution < -0.4 is 0 Å². The fourth-order valence-electron chi connectivity index (χ4n) is 2.37. The van der Waals surface area contributed by atoms with Gasteiger partial charge in [-0.1, -0.05) is 47.5 Å². The van der Waals surface area contributed by atoms with E-state index < -0.39 is 21.7 Å². The minimum atomic E-state index is -3.66. The van der Waals surface area contributed by atoms with Gasteiger partial charge in [-0.2, -0.15) is 4.31 Å². The third-order valence-corrected chi connectivity index (χ3v) is 5.85. The van der Waals surface area contributed by atoms with Crippen LogP contribution in [0.15, 0.2) is 42.5 Å². The van der Waals surface area contributed by atoms with Gasteiger partial charge in [-0.25, -0.2) is 12.8 Å². The zero-order valence-corrected chi connectivity index (χ0v) is 17.2. The number of amides is 1. The van der Waals surface area contributed by atoms with E-state index in [4.69, 9.17) is 23.2 Å². The topological polar surface area (TPSA) is 57.7 Å². The highest BCUT2D eigenvalue weighted by Gasteiger charge is 2.23. The Bertz CT molecular complexity index is 938. The molecule has 0 aliphatic heterocycles. The molecule has 0 aliphatic carbocycles. The number of nitrogens with zero attached hydrogens (tertiary/aromatic N) is 2. The van der Waals surface area contributed by atoms with Gasteiger partial charge in [0.25, 0.3) is 0 Å². The quantitative estimate of drug-likeness (QED) is 0.671. The zero-order valence-electron chi connectivity index (χ0n) is 14.8. The van der Waals surface area contributed by atoms with Crippen molar-refractivity contribution in [2.75, 3.05) is 19.8 Å². The number of likely N-dealkylation sites (N-methyl/N-ethyl adjacent to an activating group) is 1. The van der Waals surface area contributed by atoms with Gasteiger partial charge in [0.15, 0.2) is 0 Å². The van der Waals surface area contributed by atoms with E-state index in [0.717, 1.165) is 10.6 Å². The third kappa shape index (κ3) is 6.17. The summed E-state index contributed by atoms with van der Waals surface area (Å²) < 4.78 is 39.0. The van der Waals surface area contributed by atoms with Crippen LogP contribution in [-0.4, -0.2) is 43.4 Å². The number of rotatable bonds is 7. The molecule has 0 bridgehead atoms. The Morgan fingerprint density at radius 1 is 1.07 bits per heavy atom. The average molecular weight is 433 g/mol. The maximum Gasteiger partial charge on any atom is 0.237 e. The highest BCUT2D eigenvalue weighted by Crippen LogP contribution is 2.23. The van der Waals surface area contributed by atoms with Crippen molar-refractivity contribution in [1.82, 2.24) is 9.21 Å². The molecule has 0 aliphatic rings. The summed E-state index contributed by atoms with van der Waals surface area (Å²) in [6.07, 6.45) is 1.02. The van der Waals surface area contributed by atoms with E-state index in [2.05, 4.69) is 0 Å². The molecule has 146 valence electrons. The van der Waals surface area contributed by atoms with Crippen LogP contribution in [0.1, 0.15) is 11.1 Å². The summed E-state index contributed by atoms with van der Waals surface area (Å²) in [5, 5.41) is 0.651. The van der Waals surface area contributed by atoms with Crippen LogP contribution in [0.25, 0.3) is 0 Å². The number of carbonyl (C=O) groups is 1. The van der Waals surface area contributed by atoms with Gasteiger partial charge >= 0.3 is 0 Å². The molecular formula is C18H19Cl2FN2O3S. The van der Waals surface area contributed by atoms with Crippen molar-refractivity contribution in [3.63, 3.8) is 0 Å². The van der Waals surface area contributed by atoms with Crippen molar-refractivity contribution < 1.29 is 17.6 Å². The van der Waals surface area contributed by atoms with Crippen LogP contribution in [0.4, 0.5) is 4.39 Å². The standard InChI is InChI=1S/C18H19Cl2FN2O3S/c1-22(11-14-5-3-4-6-17(14)21)18(24)12-23(27(2,25)26)10-13-7-8-15(19)16(20)9-13/h3-9H,10-12H2,1-2H3. The van der Waals surface area contributed by atoms with Gasteiger partial charge in [0, 0.05) is 25.7 Å². The first-order chi connectivity index (χ1) is 12.6. The highest BCUT2D eigenvalue weighted by atomic mass is 35.5. The third-order valence-electron chi connectivity index (χ3n) is 3.91. The molecule has 0 unspecified atom stereocenters. The molecule has 1 amide bonds. The van der Waals surface area contributed by atoms with E-state index >= 15 is 0 Å². The largest absolute Gasteiger partial charge is 0.340 e. The first-order valence-electron chi connectivity index (χ1n) is 7.94. The average Bonchev–Trinajstić information content (AvgIpc) is 2.58. The fraction of sp³-hybridized carbons (Fsp3) is 0.278. The van der Waals surface area contributed by atoms with Crippen LogP contribution >= 0.6 is 23.2 Å². The first kappa shape index (κ1) is 21.6. The van der Waals surface area contributed by atoms with E-state index in [-0.39, 0.29) is 19.6 Å². The fourth-order valence-corrected chi connectivity index (χ4v) is 3.42. The maximum absolute atomic E-state index is 13.8. The lowest BCUT2D eigenvalue weighted by Gasteiger charge is -2.24. The molecule has 0 saturated heterocycles. The maximum atomic E-state index is 13.8. The highest BCUT2D eigenvalue weighted by molar-refractivity contribution is 7.88. The number of carbonyl (C=O) groups excluding carboxylic acids is 1. The van der Waals surface area contributed by atoms with E-state index in [1.807, 2.05) is 0 Å². The summed E-state index contributed by atoms with van der Waals surface area (Å²) in [5.74, 6) is -0.878. The Hall–Kier alpha value is -1.67. The van der Waals surface area contributed by atoms with Crippen LogP contribution in [-0.2, 0) is 27.9 Å². The Morgan fingerprint density at radius 2 is 1.74 bits per heavy atom. The van der Waals surface area contributed by atoms with Crippen LogP contribution in [0.3, 0.4) is 0 Å². The summed E-state index contributed by atoms with van der Waals surface area (Å²) in [4.78, 5) is 13.8. The minimum absolute atomic E-state index is 0.0327. The molecule has 2 aromatic carbocycles. The van der Waals surface area contributed by atoms with Crippen molar-refractivity contribution in [2.24, 2.45) is 0 Å². The first-order valence-corrected chi connectivity index (χ1v) is 10.5. The van der Waals surface area contributed by atoms with E-state index in [9.17, 15) is 17.6 Å². The normalized spacial score (nSPS) is 11.6. The summed E-state index contributed by atoms with van der Waals surface area (Å²) in [7, 11) is -2.17. The van der Waals surface area contributed by atoms with Crippen molar-refractivity contribution in [2.45, 2.75) is 13.1 Å². The molecule has 0 spiro atoms. The van der Waals surface area contributed by atoms with E-state index in [1.165, 1.54) is 18.0 Å². The van der Waals surface area contributed by atoms with Gasteiger partial charge in [-0.15, -0.1) is 0 Å². The van der Waals surface area contributed by atoms with E-state index in [1.54, 1.807) is 36.4 Å². The van der Waals surface area contributed by atoms with Gasteiger partial charge in [0.1, 0.15) is 5.82 Å². The number of hydrogen-bond donors (Lipinski definition) is 0. The molecule has 2 aromatic rings. The molecule has 0 radical (unpaired) electrons. The molecule has 0 atom stereocenters. The molecule has 0 N–H and O–H groups in total. The molecular weight excluding hydrogens is 414 g/mol. The number of benzene rings is 2. The predicted octanol–water partition coefficient (Wildman–Crippen LogP) is 3.55. The molecule has 9 heteroatoms. The van der Waals surface area contributed by atoms with Crippen molar-refractivity contribution in [3.8, 4) is 0 Å². The lowest BCUT2D eigenvalue weighted by atomic mass is 10.2. The predicted molar refractivity (Wildman–Crippen MR) is 105 cm³/mol.